The number of rotatable bonds is 7. The van der Waals surface area contributed by atoms with E-state index in [2.05, 4.69) is 39.5 Å². The Morgan fingerprint density at radius 3 is 2.29 bits per heavy atom. The summed E-state index contributed by atoms with van der Waals surface area (Å²) in [5.41, 5.74) is 9.80. The van der Waals surface area contributed by atoms with Gasteiger partial charge in [-0.05, 0) is 47.5 Å². The van der Waals surface area contributed by atoms with E-state index in [1.165, 1.54) is 0 Å². The molecule has 140 valence electrons. The van der Waals surface area contributed by atoms with Gasteiger partial charge in [0.15, 0.2) is 0 Å². The number of benzene rings is 3. The molecule has 4 aromatic rings. The highest BCUT2D eigenvalue weighted by atomic mass is 16.5. The molecule has 0 amide bonds. The maximum atomic E-state index is 5.96. The third kappa shape index (κ3) is 4.29. The van der Waals surface area contributed by atoms with Gasteiger partial charge in [0, 0.05) is 5.69 Å². The van der Waals surface area contributed by atoms with Crippen molar-refractivity contribution in [2.75, 3.05) is 10.7 Å². The molecule has 0 spiro atoms. The first-order valence-electron chi connectivity index (χ1n) is 9.01. The maximum absolute atomic E-state index is 5.96. The molecule has 4 rings (SSSR count). The van der Waals surface area contributed by atoms with Crippen LogP contribution in [0.2, 0.25) is 0 Å². The number of hydrogen-bond acceptors (Lipinski definition) is 5. The van der Waals surface area contributed by atoms with Crippen molar-refractivity contribution in [2.24, 2.45) is 0 Å². The highest BCUT2D eigenvalue weighted by molar-refractivity contribution is 5.53. The van der Waals surface area contributed by atoms with Gasteiger partial charge in [-0.25, -0.2) is 4.68 Å². The SMILES string of the molecule is Nc1ccc(N(Cc2cccc(OCc3ccccc3)c2)n2cnnc2)cc1. The van der Waals surface area contributed by atoms with Crippen molar-refractivity contribution in [3.63, 3.8) is 0 Å². The van der Waals surface area contributed by atoms with E-state index in [1.807, 2.05) is 59.3 Å². The van der Waals surface area contributed by atoms with Crippen molar-refractivity contribution < 1.29 is 4.74 Å². The minimum Gasteiger partial charge on any atom is -0.489 e. The standard InChI is InChI=1S/C22H21N5O/c23-20-9-11-21(12-10-20)27(26-16-24-25-17-26)14-19-7-4-8-22(13-19)28-15-18-5-2-1-3-6-18/h1-13,16-17H,14-15,23H2. The molecule has 28 heavy (non-hydrogen) atoms. The van der Waals surface area contributed by atoms with Gasteiger partial charge in [0.05, 0.1) is 12.2 Å². The number of ether oxygens (including phenoxy) is 1. The topological polar surface area (TPSA) is 69.2 Å². The normalized spacial score (nSPS) is 10.6. The second kappa shape index (κ2) is 8.26. The Balaban J connectivity index is 1.53. The first kappa shape index (κ1) is 17.6. The summed E-state index contributed by atoms with van der Waals surface area (Å²) in [5, 5.41) is 9.93. The van der Waals surface area contributed by atoms with Crippen LogP contribution in [0, 0.1) is 0 Å². The molecule has 1 aromatic heterocycles. The zero-order chi connectivity index (χ0) is 19.2. The Labute approximate surface area is 163 Å². The van der Waals surface area contributed by atoms with E-state index in [0.717, 1.165) is 28.3 Å². The molecular weight excluding hydrogens is 350 g/mol. The van der Waals surface area contributed by atoms with E-state index >= 15 is 0 Å². The van der Waals surface area contributed by atoms with Gasteiger partial charge >= 0.3 is 0 Å². The average molecular weight is 371 g/mol. The lowest BCUT2D eigenvalue weighted by Gasteiger charge is -2.25. The summed E-state index contributed by atoms with van der Waals surface area (Å²) in [4.78, 5) is 0. The number of nitrogens with zero attached hydrogens (tertiary/aromatic N) is 4. The van der Waals surface area contributed by atoms with Crippen LogP contribution in [0.4, 0.5) is 11.4 Å². The van der Waals surface area contributed by atoms with Crippen molar-refractivity contribution in [3.8, 4) is 5.75 Å². The first-order chi connectivity index (χ1) is 13.8. The molecule has 0 saturated heterocycles. The molecule has 0 aliphatic heterocycles. The fraction of sp³-hybridized carbons (Fsp3) is 0.0909. The second-order valence-corrected chi connectivity index (χ2v) is 6.41. The van der Waals surface area contributed by atoms with Crippen LogP contribution in [-0.4, -0.2) is 14.9 Å². The molecule has 0 aliphatic rings. The van der Waals surface area contributed by atoms with Crippen molar-refractivity contribution in [1.82, 2.24) is 14.9 Å². The molecule has 1 heterocycles. The zero-order valence-electron chi connectivity index (χ0n) is 15.3. The Morgan fingerprint density at radius 2 is 1.54 bits per heavy atom. The molecule has 0 unspecified atom stereocenters. The van der Waals surface area contributed by atoms with Gasteiger partial charge < -0.3 is 10.5 Å². The lowest BCUT2D eigenvalue weighted by atomic mass is 10.2. The molecule has 0 aliphatic carbocycles. The molecule has 0 saturated carbocycles. The van der Waals surface area contributed by atoms with E-state index < -0.39 is 0 Å². The number of hydrogen-bond donors (Lipinski definition) is 1. The minimum absolute atomic E-state index is 0.539. The molecule has 6 nitrogen and oxygen atoms in total. The number of nitrogen functional groups attached to an aromatic ring is 1. The Morgan fingerprint density at radius 1 is 0.821 bits per heavy atom. The van der Waals surface area contributed by atoms with E-state index in [9.17, 15) is 0 Å². The number of nitrogens with two attached hydrogens (primary N) is 1. The van der Waals surface area contributed by atoms with Gasteiger partial charge in [0.25, 0.3) is 0 Å². The summed E-state index contributed by atoms with van der Waals surface area (Å²) in [6.07, 6.45) is 3.35. The van der Waals surface area contributed by atoms with E-state index in [1.54, 1.807) is 12.7 Å². The van der Waals surface area contributed by atoms with E-state index in [-0.39, 0.29) is 0 Å². The van der Waals surface area contributed by atoms with Crippen molar-refractivity contribution in [2.45, 2.75) is 13.2 Å². The number of aromatic nitrogens is 3. The summed E-state index contributed by atoms with van der Waals surface area (Å²) in [6.45, 7) is 1.17. The molecule has 0 fully saturated rings. The van der Waals surface area contributed by atoms with Crippen LogP contribution >= 0.6 is 0 Å². The maximum Gasteiger partial charge on any atom is 0.139 e. The molecule has 0 radical (unpaired) electrons. The van der Waals surface area contributed by atoms with Gasteiger partial charge in [-0.2, -0.15) is 0 Å². The quantitative estimate of drug-likeness (QED) is 0.499. The highest BCUT2D eigenvalue weighted by Crippen LogP contribution is 2.22. The summed E-state index contributed by atoms with van der Waals surface area (Å²) in [6, 6.07) is 26.0. The fourth-order valence-electron chi connectivity index (χ4n) is 2.92. The third-order valence-electron chi connectivity index (χ3n) is 4.36. The van der Waals surface area contributed by atoms with Crippen LogP contribution in [0.3, 0.4) is 0 Å². The Kier molecular flexibility index (Phi) is 5.20. The molecule has 2 N–H and O–H groups in total. The van der Waals surface area contributed by atoms with Gasteiger partial charge in [-0.1, -0.05) is 42.5 Å². The lowest BCUT2D eigenvalue weighted by Crippen LogP contribution is -2.27. The average Bonchev–Trinajstić information content (AvgIpc) is 3.27. The Bertz CT molecular complexity index is 1000. The molecular formula is C22H21N5O. The smallest absolute Gasteiger partial charge is 0.139 e. The van der Waals surface area contributed by atoms with Crippen LogP contribution in [0.1, 0.15) is 11.1 Å². The Hall–Kier alpha value is -3.80. The van der Waals surface area contributed by atoms with Crippen molar-refractivity contribution in [1.29, 1.82) is 0 Å². The fourth-order valence-corrected chi connectivity index (χ4v) is 2.92. The molecule has 3 aromatic carbocycles. The van der Waals surface area contributed by atoms with E-state index in [4.69, 9.17) is 10.5 Å². The van der Waals surface area contributed by atoms with Crippen LogP contribution < -0.4 is 15.5 Å². The lowest BCUT2D eigenvalue weighted by molar-refractivity contribution is 0.306. The summed E-state index contributed by atoms with van der Waals surface area (Å²) in [5.74, 6) is 0.836. The van der Waals surface area contributed by atoms with Gasteiger partial charge in [0.1, 0.15) is 25.0 Å². The summed E-state index contributed by atoms with van der Waals surface area (Å²) < 4.78 is 7.81. The van der Waals surface area contributed by atoms with Crippen LogP contribution in [0.25, 0.3) is 0 Å². The van der Waals surface area contributed by atoms with Crippen molar-refractivity contribution >= 4 is 11.4 Å². The predicted octanol–water partition coefficient (Wildman–Crippen LogP) is 3.91. The third-order valence-corrected chi connectivity index (χ3v) is 4.36. The number of anilines is 2. The largest absolute Gasteiger partial charge is 0.489 e. The van der Waals surface area contributed by atoms with Crippen LogP contribution in [0.15, 0.2) is 91.5 Å². The highest BCUT2D eigenvalue weighted by Gasteiger charge is 2.10. The zero-order valence-corrected chi connectivity index (χ0v) is 15.3. The molecule has 0 bridgehead atoms. The predicted molar refractivity (Wildman–Crippen MR) is 110 cm³/mol. The van der Waals surface area contributed by atoms with Gasteiger partial charge in [-0.3, -0.25) is 5.01 Å². The van der Waals surface area contributed by atoms with Crippen molar-refractivity contribution in [3.05, 3.63) is 103 Å². The first-order valence-corrected chi connectivity index (χ1v) is 9.01. The monoisotopic (exact) mass is 371 g/mol. The van der Waals surface area contributed by atoms with Crippen LogP contribution in [0.5, 0.6) is 5.75 Å². The molecule has 6 heteroatoms. The van der Waals surface area contributed by atoms with E-state index in [0.29, 0.717) is 13.2 Å². The van der Waals surface area contributed by atoms with Gasteiger partial charge in [-0.15, -0.1) is 10.2 Å². The minimum atomic E-state index is 0.539. The molecule has 0 atom stereocenters. The second-order valence-electron chi connectivity index (χ2n) is 6.41. The summed E-state index contributed by atoms with van der Waals surface area (Å²) >= 11 is 0. The summed E-state index contributed by atoms with van der Waals surface area (Å²) in [7, 11) is 0. The van der Waals surface area contributed by atoms with Crippen LogP contribution in [-0.2, 0) is 13.2 Å². The van der Waals surface area contributed by atoms with Gasteiger partial charge in [0.2, 0.25) is 0 Å².